The molecule has 1 saturated carbocycles. The first kappa shape index (κ1) is 16.4. The Bertz CT molecular complexity index is 793. The van der Waals surface area contributed by atoms with Gasteiger partial charge < -0.3 is 9.47 Å². The molecule has 0 amide bonds. The highest BCUT2D eigenvalue weighted by Crippen LogP contribution is 2.48. The molecular weight excluding hydrogens is 340 g/mol. The third-order valence-corrected chi connectivity index (χ3v) is 7.07. The van der Waals surface area contributed by atoms with E-state index in [2.05, 4.69) is 51.8 Å². The van der Waals surface area contributed by atoms with Gasteiger partial charge in [-0.05, 0) is 37.1 Å². The van der Waals surface area contributed by atoms with Crippen LogP contribution in [-0.2, 0) is 0 Å². The summed E-state index contributed by atoms with van der Waals surface area (Å²) in [6.07, 6.45) is 10.9. The highest BCUT2D eigenvalue weighted by molar-refractivity contribution is 8.14. The number of pyridine rings is 1. The summed E-state index contributed by atoms with van der Waals surface area (Å²) in [7, 11) is 0. The van der Waals surface area contributed by atoms with Gasteiger partial charge >= 0.3 is 0 Å². The summed E-state index contributed by atoms with van der Waals surface area (Å²) in [5.41, 5.74) is 2.50. The van der Waals surface area contributed by atoms with Crippen LogP contribution in [0.1, 0.15) is 68.5 Å². The van der Waals surface area contributed by atoms with E-state index in [0.29, 0.717) is 11.3 Å². The molecule has 136 valence electrons. The number of aromatic nitrogens is 2. The van der Waals surface area contributed by atoms with Gasteiger partial charge in [-0.3, -0.25) is 9.98 Å². The summed E-state index contributed by atoms with van der Waals surface area (Å²) in [5.74, 6) is 0. The molecule has 1 aliphatic carbocycles. The van der Waals surface area contributed by atoms with Crippen molar-refractivity contribution < 1.29 is 0 Å². The average molecular weight is 367 g/mol. The molecule has 1 saturated heterocycles. The summed E-state index contributed by atoms with van der Waals surface area (Å²) < 4.78 is 2.56. The van der Waals surface area contributed by atoms with Crippen molar-refractivity contribution in [1.82, 2.24) is 14.5 Å². The first-order valence-electron chi connectivity index (χ1n) is 9.90. The fraction of sp³-hybridized carbons (Fsp3) is 0.524. The van der Waals surface area contributed by atoms with Crippen LogP contribution in [-0.4, -0.2) is 31.4 Å². The van der Waals surface area contributed by atoms with Gasteiger partial charge in [-0.1, -0.05) is 44.0 Å². The van der Waals surface area contributed by atoms with Gasteiger partial charge in [0.2, 0.25) is 0 Å². The van der Waals surface area contributed by atoms with Gasteiger partial charge in [-0.2, -0.15) is 0 Å². The molecule has 0 spiro atoms. The maximum Gasteiger partial charge on any atom is 0.160 e. The molecular formula is C21H26N4S. The number of rotatable bonds is 3. The van der Waals surface area contributed by atoms with E-state index in [-0.39, 0.29) is 12.1 Å². The van der Waals surface area contributed by atoms with E-state index in [0.717, 1.165) is 12.2 Å². The lowest BCUT2D eigenvalue weighted by atomic mass is 9.94. The van der Waals surface area contributed by atoms with Crippen molar-refractivity contribution in [3.8, 4) is 0 Å². The zero-order valence-corrected chi connectivity index (χ0v) is 16.1. The first-order valence-corrected chi connectivity index (χ1v) is 10.8. The van der Waals surface area contributed by atoms with Crippen LogP contribution in [0.15, 0.2) is 47.7 Å². The zero-order chi connectivity index (χ0) is 17.5. The zero-order valence-electron chi connectivity index (χ0n) is 15.3. The molecule has 0 bridgehead atoms. The predicted octanol–water partition coefficient (Wildman–Crippen LogP) is 4.98. The maximum absolute atomic E-state index is 5.12. The van der Waals surface area contributed by atoms with E-state index < -0.39 is 0 Å². The van der Waals surface area contributed by atoms with Gasteiger partial charge in [0.1, 0.15) is 6.04 Å². The summed E-state index contributed by atoms with van der Waals surface area (Å²) in [4.78, 5) is 12.3. The van der Waals surface area contributed by atoms with Crippen molar-refractivity contribution in [2.45, 2.75) is 62.4 Å². The lowest BCUT2D eigenvalue weighted by Crippen LogP contribution is -2.31. The third-order valence-electron chi connectivity index (χ3n) is 5.96. The molecule has 0 radical (unpaired) electrons. The van der Waals surface area contributed by atoms with Crippen LogP contribution in [0.4, 0.5) is 0 Å². The molecule has 2 aromatic heterocycles. The van der Waals surface area contributed by atoms with Gasteiger partial charge in [0.15, 0.2) is 5.17 Å². The molecule has 0 aromatic carbocycles. The number of fused-ring (bicyclic) bond motifs is 1. The van der Waals surface area contributed by atoms with Crippen molar-refractivity contribution in [3.05, 3.63) is 54.1 Å². The molecule has 3 atom stereocenters. The second-order valence-corrected chi connectivity index (χ2v) is 9.17. The fourth-order valence-corrected chi connectivity index (χ4v) is 5.88. The maximum atomic E-state index is 5.12. The number of hydrogen-bond donors (Lipinski definition) is 0. The van der Waals surface area contributed by atoms with E-state index >= 15 is 0 Å². The van der Waals surface area contributed by atoms with E-state index in [1.807, 2.05) is 24.0 Å². The van der Waals surface area contributed by atoms with Crippen LogP contribution in [0, 0.1) is 0 Å². The van der Waals surface area contributed by atoms with E-state index in [1.165, 1.54) is 43.0 Å². The highest BCUT2D eigenvalue weighted by atomic mass is 32.2. The molecule has 3 aliphatic rings. The number of nitrogens with zero attached hydrogens (tertiary/aromatic N) is 4. The van der Waals surface area contributed by atoms with Gasteiger partial charge in [0, 0.05) is 35.9 Å². The second-order valence-electron chi connectivity index (χ2n) is 7.77. The summed E-state index contributed by atoms with van der Waals surface area (Å²) in [6, 6.07) is 11.8. The topological polar surface area (TPSA) is 33.4 Å². The Morgan fingerprint density at radius 2 is 1.96 bits per heavy atom. The lowest BCUT2D eigenvalue weighted by molar-refractivity contribution is 0.282. The Kier molecular flexibility index (Phi) is 4.27. The Labute approximate surface area is 159 Å². The van der Waals surface area contributed by atoms with Crippen LogP contribution in [0.2, 0.25) is 0 Å². The summed E-state index contributed by atoms with van der Waals surface area (Å²) in [6.45, 7) is 3.38. The highest BCUT2D eigenvalue weighted by Gasteiger charge is 2.44. The normalized spacial score (nSPS) is 29.0. The minimum Gasteiger partial charge on any atom is -0.346 e. The summed E-state index contributed by atoms with van der Waals surface area (Å²) >= 11 is 1.92. The molecule has 2 aliphatic heterocycles. The molecule has 2 aromatic rings. The second kappa shape index (κ2) is 6.76. The molecule has 3 unspecified atom stereocenters. The van der Waals surface area contributed by atoms with Gasteiger partial charge in [0.05, 0.1) is 11.7 Å². The Morgan fingerprint density at radius 3 is 2.77 bits per heavy atom. The lowest BCUT2D eigenvalue weighted by Gasteiger charge is -2.32. The van der Waals surface area contributed by atoms with Crippen LogP contribution < -0.4 is 0 Å². The Hall–Kier alpha value is -1.75. The van der Waals surface area contributed by atoms with Crippen LogP contribution in [0.3, 0.4) is 0 Å². The van der Waals surface area contributed by atoms with Crippen molar-refractivity contribution in [2.24, 2.45) is 4.99 Å². The molecule has 5 heteroatoms. The standard InChI is InChI=1S/C21H26N4S/c1-15-14-25-20(18-11-7-13-24(18)16-8-3-2-4-9-16)19(23-21(25)26-15)17-10-5-6-12-22-17/h5-7,10-13,15-16,19-20H,2-4,8-9,14H2,1H3. The van der Waals surface area contributed by atoms with Crippen LogP contribution >= 0.6 is 11.8 Å². The van der Waals surface area contributed by atoms with Gasteiger partial charge in [-0.25, -0.2) is 0 Å². The molecule has 0 N–H and O–H groups in total. The fourth-order valence-electron chi connectivity index (χ4n) is 4.79. The van der Waals surface area contributed by atoms with Gasteiger partial charge in [-0.15, -0.1) is 0 Å². The Balaban J connectivity index is 1.55. The van der Waals surface area contributed by atoms with Gasteiger partial charge in [0.25, 0.3) is 0 Å². The quantitative estimate of drug-likeness (QED) is 0.768. The van der Waals surface area contributed by atoms with Crippen molar-refractivity contribution >= 4 is 16.9 Å². The van der Waals surface area contributed by atoms with E-state index in [4.69, 9.17) is 4.99 Å². The molecule has 4 heterocycles. The molecule has 4 nitrogen and oxygen atoms in total. The summed E-state index contributed by atoms with van der Waals surface area (Å²) in [5, 5.41) is 1.81. The first-order chi connectivity index (χ1) is 12.8. The van der Waals surface area contributed by atoms with E-state index in [1.54, 1.807) is 0 Å². The average Bonchev–Trinajstić information content (AvgIpc) is 3.37. The number of aliphatic imine (C=N–C) groups is 1. The molecule has 26 heavy (non-hydrogen) atoms. The van der Waals surface area contributed by atoms with Crippen molar-refractivity contribution in [2.75, 3.05) is 6.54 Å². The molecule has 5 rings (SSSR count). The van der Waals surface area contributed by atoms with Crippen LogP contribution in [0.5, 0.6) is 0 Å². The minimum atomic E-state index is 0.100. The predicted molar refractivity (Wildman–Crippen MR) is 107 cm³/mol. The number of thioether (sulfide) groups is 1. The van der Waals surface area contributed by atoms with E-state index in [9.17, 15) is 0 Å². The Morgan fingerprint density at radius 1 is 1.08 bits per heavy atom. The van der Waals surface area contributed by atoms with Crippen molar-refractivity contribution in [3.63, 3.8) is 0 Å². The largest absolute Gasteiger partial charge is 0.346 e. The smallest absolute Gasteiger partial charge is 0.160 e. The number of hydrogen-bond acceptors (Lipinski definition) is 4. The van der Waals surface area contributed by atoms with Crippen LogP contribution in [0.25, 0.3) is 0 Å². The SMILES string of the molecule is CC1CN2C(=NC(c3ccccn3)C2c2cccn2C2CCCCC2)S1. The third kappa shape index (κ3) is 2.77. The van der Waals surface area contributed by atoms with Crippen molar-refractivity contribution in [1.29, 1.82) is 0 Å². The molecule has 2 fully saturated rings. The monoisotopic (exact) mass is 366 g/mol. The minimum absolute atomic E-state index is 0.100. The number of amidine groups is 1.